The minimum absolute atomic E-state index is 0.0675. The fourth-order valence-electron chi connectivity index (χ4n) is 3.30. The number of hydrogen-bond acceptors (Lipinski definition) is 5. The number of nitro benzene ring substituents is 1. The van der Waals surface area contributed by atoms with Crippen LogP contribution in [0, 0.1) is 22.0 Å². The van der Waals surface area contributed by atoms with Gasteiger partial charge in [-0.3, -0.25) is 19.8 Å². The molecule has 0 saturated carbocycles. The van der Waals surface area contributed by atoms with E-state index in [2.05, 4.69) is 24.1 Å². The molecule has 1 saturated heterocycles. The maximum absolute atomic E-state index is 12.4. The van der Waals surface area contributed by atoms with Gasteiger partial charge in [0.15, 0.2) is 0 Å². The summed E-state index contributed by atoms with van der Waals surface area (Å²) in [5.41, 5.74) is 0.384. The van der Waals surface area contributed by atoms with Gasteiger partial charge in [0.05, 0.1) is 30.3 Å². The normalized spacial score (nSPS) is 18.6. The zero-order valence-electron chi connectivity index (χ0n) is 15.2. The van der Waals surface area contributed by atoms with Gasteiger partial charge in [0.1, 0.15) is 5.75 Å². The number of carbonyl (C=O) groups is 1. The summed E-state index contributed by atoms with van der Waals surface area (Å²) in [7, 11) is 1.43. The molecule has 0 radical (unpaired) electrons. The standard InChI is InChI=1S/C18H27N3O4/c1-13(2)14-5-4-9-20(10-8-14)12-18(22)19-16-7-6-15(21(23)24)11-17(16)25-3/h6-7,11,13-14H,4-5,8-10,12H2,1-3H3,(H,19,22). The maximum Gasteiger partial charge on any atom is 0.273 e. The molecule has 138 valence electrons. The summed E-state index contributed by atoms with van der Waals surface area (Å²) < 4.78 is 5.15. The van der Waals surface area contributed by atoms with Crippen molar-refractivity contribution in [3.05, 3.63) is 28.3 Å². The molecule has 1 unspecified atom stereocenters. The molecule has 1 heterocycles. The molecule has 25 heavy (non-hydrogen) atoms. The molecule has 1 aromatic carbocycles. The quantitative estimate of drug-likeness (QED) is 0.629. The highest BCUT2D eigenvalue weighted by Gasteiger charge is 2.21. The van der Waals surface area contributed by atoms with Gasteiger partial charge in [-0.05, 0) is 50.3 Å². The number of rotatable bonds is 6. The van der Waals surface area contributed by atoms with Gasteiger partial charge in [-0.1, -0.05) is 13.8 Å². The number of ether oxygens (including phenoxy) is 1. The van der Waals surface area contributed by atoms with Crippen LogP contribution < -0.4 is 10.1 Å². The molecule has 1 aromatic rings. The second-order valence-electron chi connectivity index (χ2n) is 6.90. The number of non-ortho nitro benzene ring substituents is 1. The van der Waals surface area contributed by atoms with Crippen molar-refractivity contribution < 1.29 is 14.5 Å². The third-order valence-corrected chi connectivity index (χ3v) is 4.85. The Morgan fingerprint density at radius 1 is 1.40 bits per heavy atom. The van der Waals surface area contributed by atoms with Crippen molar-refractivity contribution in [1.29, 1.82) is 0 Å². The molecule has 0 aliphatic carbocycles. The van der Waals surface area contributed by atoms with E-state index in [9.17, 15) is 14.9 Å². The van der Waals surface area contributed by atoms with Crippen LogP contribution in [-0.2, 0) is 4.79 Å². The number of methoxy groups -OCH3 is 1. The predicted molar refractivity (Wildman–Crippen MR) is 96.9 cm³/mol. The van der Waals surface area contributed by atoms with Gasteiger partial charge in [-0.2, -0.15) is 0 Å². The van der Waals surface area contributed by atoms with Gasteiger partial charge in [0.25, 0.3) is 5.69 Å². The van der Waals surface area contributed by atoms with Crippen molar-refractivity contribution in [3.8, 4) is 5.75 Å². The van der Waals surface area contributed by atoms with Crippen LogP contribution in [0.4, 0.5) is 11.4 Å². The number of nitrogens with zero attached hydrogens (tertiary/aromatic N) is 2. The number of nitrogens with one attached hydrogen (secondary N) is 1. The van der Waals surface area contributed by atoms with Gasteiger partial charge in [0.2, 0.25) is 5.91 Å². The summed E-state index contributed by atoms with van der Waals surface area (Å²) in [6, 6.07) is 4.18. The SMILES string of the molecule is COc1cc([N+](=O)[O-])ccc1NC(=O)CN1CCCC(C(C)C)CC1. The largest absolute Gasteiger partial charge is 0.494 e. The Morgan fingerprint density at radius 3 is 2.80 bits per heavy atom. The van der Waals surface area contributed by atoms with E-state index in [0.717, 1.165) is 31.8 Å². The molecule has 0 spiro atoms. The topological polar surface area (TPSA) is 84.7 Å². The van der Waals surface area contributed by atoms with E-state index >= 15 is 0 Å². The molecule has 1 fully saturated rings. The van der Waals surface area contributed by atoms with E-state index in [1.807, 2.05) is 0 Å². The zero-order chi connectivity index (χ0) is 18.4. The van der Waals surface area contributed by atoms with Crippen LogP contribution in [0.1, 0.15) is 33.1 Å². The molecule has 1 aliphatic rings. The molecule has 1 aliphatic heterocycles. The van der Waals surface area contributed by atoms with E-state index in [1.165, 1.54) is 31.7 Å². The van der Waals surface area contributed by atoms with Gasteiger partial charge in [-0.25, -0.2) is 0 Å². The Hall–Kier alpha value is -2.15. The van der Waals surface area contributed by atoms with Crippen LogP contribution in [0.2, 0.25) is 0 Å². The summed E-state index contributed by atoms with van der Waals surface area (Å²) in [5.74, 6) is 1.56. The number of likely N-dealkylation sites (tertiary alicyclic amines) is 1. The van der Waals surface area contributed by atoms with E-state index in [0.29, 0.717) is 23.9 Å². The fraction of sp³-hybridized carbons (Fsp3) is 0.611. The molecular formula is C18H27N3O4. The van der Waals surface area contributed by atoms with Gasteiger partial charge < -0.3 is 10.1 Å². The average Bonchev–Trinajstić information content (AvgIpc) is 2.80. The van der Waals surface area contributed by atoms with Crippen LogP contribution in [-0.4, -0.2) is 42.5 Å². The first-order chi connectivity index (χ1) is 11.9. The molecule has 1 N–H and O–H groups in total. The van der Waals surface area contributed by atoms with Gasteiger partial charge in [-0.15, -0.1) is 0 Å². The van der Waals surface area contributed by atoms with E-state index in [-0.39, 0.29) is 11.6 Å². The van der Waals surface area contributed by atoms with E-state index in [4.69, 9.17) is 4.74 Å². The zero-order valence-corrected chi connectivity index (χ0v) is 15.2. The molecule has 0 bridgehead atoms. The highest BCUT2D eigenvalue weighted by Crippen LogP contribution is 2.29. The smallest absolute Gasteiger partial charge is 0.273 e. The lowest BCUT2D eigenvalue weighted by molar-refractivity contribution is -0.384. The van der Waals surface area contributed by atoms with Crippen LogP contribution in [0.25, 0.3) is 0 Å². The Labute approximate surface area is 148 Å². The molecule has 1 atom stereocenters. The Kier molecular flexibility index (Phi) is 6.75. The average molecular weight is 349 g/mol. The molecular weight excluding hydrogens is 322 g/mol. The van der Waals surface area contributed by atoms with Crippen LogP contribution in [0.3, 0.4) is 0 Å². The first-order valence-corrected chi connectivity index (χ1v) is 8.75. The van der Waals surface area contributed by atoms with Gasteiger partial charge >= 0.3 is 0 Å². The Morgan fingerprint density at radius 2 is 2.16 bits per heavy atom. The molecule has 0 aromatic heterocycles. The van der Waals surface area contributed by atoms with Crippen molar-refractivity contribution in [1.82, 2.24) is 4.90 Å². The van der Waals surface area contributed by atoms with Crippen molar-refractivity contribution in [3.63, 3.8) is 0 Å². The van der Waals surface area contributed by atoms with Crippen molar-refractivity contribution in [2.45, 2.75) is 33.1 Å². The van der Waals surface area contributed by atoms with Crippen LogP contribution in [0.15, 0.2) is 18.2 Å². The summed E-state index contributed by atoms with van der Waals surface area (Å²) in [6.07, 6.45) is 3.44. The number of anilines is 1. The lowest BCUT2D eigenvalue weighted by Crippen LogP contribution is -2.34. The first-order valence-electron chi connectivity index (χ1n) is 8.75. The highest BCUT2D eigenvalue weighted by atomic mass is 16.6. The third-order valence-electron chi connectivity index (χ3n) is 4.85. The van der Waals surface area contributed by atoms with Crippen molar-refractivity contribution in [2.75, 3.05) is 32.1 Å². The molecule has 2 rings (SSSR count). The number of nitro groups is 1. The van der Waals surface area contributed by atoms with Crippen molar-refractivity contribution >= 4 is 17.3 Å². The van der Waals surface area contributed by atoms with Crippen LogP contribution in [0.5, 0.6) is 5.75 Å². The second-order valence-corrected chi connectivity index (χ2v) is 6.90. The number of carbonyl (C=O) groups excluding carboxylic acids is 1. The lowest BCUT2D eigenvalue weighted by Gasteiger charge is -2.21. The molecule has 7 heteroatoms. The van der Waals surface area contributed by atoms with E-state index in [1.54, 1.807) is 0 Å². The Balaban J connectivity index is 1.95. The van der Waals surface area contributed by atoms with E-state index < -0.39 is 4.92 Å². The number of hydrogen-bond donors (Lipinski definition) is 1. The summed E-state index contributed by atoms with van der Waals surface area (Å²) in [6.45, 7) is 6.69. The lowest BCUT2D eigenvalue weighted by atomic mass is 9.89. The summed E-state index contributed by atoms with van der Waals surface area (Å²) in [4.78, 5) is 24.9. The second kappa shape index (κ2) is 8.80. The first kappa shape index (κ1) is 19.2. The monoisotopic (exact) mass is 349 g/mol. The van der Waals surface area contributed by atoms with Crippen molar-refractivity contribution in [2.24, 2.45) is 11.8 Å². The predicted octanol–water partition coefficient (Wildman–Crippen LogP) is 3.30. The van der Waals surface area contributed by atoms with Gasteiger partial charge in [0, 0.05) is 6.07 Å². The molecule has 1 amide bonds. The summed E-state index contributed by atoms with van der Waals surface area (Å²) >= 11 is 0. The highest BCUT2D eigenvalue weighted by molar-refractivity contribution is 5.93. The summed E-state index contributed by atoms with van der Waals surface area (Å²) in [5, 5.41) is 13.6. The Bertz CT molecular complexity index is 618. The van der Waals surface area contributed by atoms with Crippen LogP contribution >= 0.6 is 0 Å². The third kappa shape index (κ3) is 5.42. The fourth-order valence-corrected chi connectivity index (χ4v) is 3.30. The molecule has 7 nitrogen and oxygen atoms in total. The minimum atomic E-state index is -0.490. The minimum Gasteiger partial charge on any atom is -0.494 e. The number of benzene rings is 1. The number of amides is 1. The maximum atomic E-state index is 12.4.